The SMILES string of the molecule is CCN(C)C(=O)N(C)Cc1csc(C#CCCO)c1. The average molecular weight is 280 g/mol. The lowest BCUT2D eigenvalue weighted by Crippen LogP contribution is -2.38. The van der Waals surface area contributed by atoms with Gasteiger partial charge < -0.3 is 14.9 Å². The van der Waals surface area contributed by atoms with Crippen LogP contribution < -0.4 is 0 Å². The van der Waals surface area contributed by atoms with E-state index in [2.05, 4.69) is 11.8 Å². The zero-order valence-corrected chi connectivity index (χ0v) is 12.5. The minimum atomic E-state index is 0.0154. The predicted molar refractivity (Wildman–Crippen MR) is 78.1 cm³/mol. The van der Waals surface area contributed by atoms with Gasteiger partial charge in [-0.25, -0.2) is 4.79 Å². The van der Waals surface area contributed by atoms with Gasteiger partial charge in [0.05, 0.1) is 11.5 Å². The van der Waals surface area contributed by atoms with Crippen LogP contribution in [0.25, 0.3) is 0 Å². The maximum atomic E-state index is 11.9. The molecule has 5 heteroatoms. The second-order valence-corrected chi connectivity index (χ2v) is 5.16. The maximum Gasteiger partial charge on any atom is 0.319 e. The zero-order valence-electron chi connectivity index (χ0n) is 11.6. The molecule has 1 N–H and O–H groups in total. The van der Waals surface area contributed by atoms with Crippen LogP contribution in [0.5, 0.6) is 0 Å². The molecule has 0 saturated carbocycles. The molecule has 0 aliphatic carbocycles. The van der Waals surface area contributed by atoms with E-state index in [1.54, 1.807) is 35.2 Å². The summed E-state index contributed by atoms with van der Waals surface area (Å²) in [4.78, 5) is 16.2. The van der Waals surface area contributed by atoms with Crippen molar-refractivity contribution >= 4 is 17.4 Å². The first-order valence-corrected chi connectivity index (χ1v) is 7.09. The highest BCUT2D eigenvalue weighted by molar-refractivity contribution is 7.10. The molecule has 0 atom stereocenters. The fourth-order valence-corrected chi connectivity index (χ4v) is 2.27. The summed E-state index contributed by atoms with van der Waals surface area (Å²) in [6.45, 7) is 3.32. The Labute approximate surface area is 118 Å². The third-order valence-corrected chi connectivity index (χ3v) is 3.54. The second-order valence-electron chi connectivity index (χ2n) is 4.25. The summed E-state index contributed by atoms with van der Waals surface area (Å²) in [5.41, 5.74) is 1.08. The average Bonchev–Trinajstić information content (AvgIpc) is 2.84. The fraction of sp³-hybridized carbons (Fsp3) is 0.500. The monoisotopic (exact) mass is 280 g/mol. The molecule has 0 fully saturated rings. The van der Waals surface area contributed by atoms with E-state index in [0.29, 0.717) is 19.5 Å². The topological polar surface area (TPSA) is 43.8 Å². The van der Waals surface area contributed by atoms with Gasteiger partial charge in [0.1, 0.15) is 0 Å². The van der Waals surface area contributed by atoms with Gasteiger partial charge in [0.2, 0.25) is 0 Å². The van der Waals surface area contributed by atoms with Crippen molar-refractivity contribution in [2.45, 2.75) is 19.9 Å². The number of hydrogen-bond acceptors (Lipinski definition) is 3. The fourth-order valence-electron chi connectivity index (χ4n) is 1.50. The highest BCUT2D eigenvalue weighted by Gasteiger charge is 2.13. The van der Waals surface area contributed by atoms with Crippen LogP contribution in [0.4, 0.5) is 4.79 Å². The molecule has 0 radical (unpaired) electrons. The third-order valence-electron chi connectivity index (χ3n) is 2.65. The number of hydrogen-bond donors (Lipinski definition) is 1. The first-order chi connectivity index (χ1) is 9.08. The number of rotatable bonds is 4. The molecule has 0 aliphatic heterocycles. The van der Waals surface area contributed by atoms with Gasteiger partial charge in [-0.15, -0.1) is 11.3 Å². The number of carbonyl (C=O) groups is 1. The van der Waals surface area contributed by atoms with Gasteiger partial charge >= 0.3 is 6.03 Å². The van der Waals surface area contributed by atoms with Crippen molar-refractivity contribution in [1.29, 1.82) is 0 Å². The van der Waals surface area contributed by atoms with E-state index in [9.17, 15) is 4.79 Å². The molecule has 4 nitrogen and oxygen atoms in total. The predicted octanol–water partition coefficient (Wildman–Crippen LogP) is 1.99. The zero-order chi connectivity index (χ0) is 14.3. The molecule has 0 unspecified atom stereocenters. The number of aliphatic hydroxyl groups is 1. The summed E-state index contributed by atoms with van der Waals surface area (Å²) in [6.07, 6.45) is 0.493. The van der Waals surface area contributed by atoms with Gasteiger partial charge in [0.25, 0.3) is 0 Å². The van der Waals surface area contributed by atoms with E-state index >= 15 is 0 Å². The Bertz CT molecular complexity index is 473. The molecule has 0 saturated heterocycles. The van der Waals surface area contributed by atoms with Crippen molar-refractivity contribution < 1.29 is 9.90 Å². The lowest BCUT2D eigenvalue weighted by atomic mass is 10.3. The lowest BCUT2D eigenvalue weighted by molar-refractivity contribution is 0.173. The van der Waals surface area contributed by atoms with Crippen LogP contribution in [0.2, 0.25) is 0 Å². The summed E-state index contributed by atoms with van der Waals surface area (Å²) in [6, 6.07) is 2.01. The first kappa shape index (κ1) is 15.5. The Morgan fingerprint density at radius 3 is 2.79 bits per heavy atom. The lowest BCUT2D eigenvalue weighted by Gasteiger charge is -2.23. The standard InChI is InChI=1S/C14H20N2O2S/c1-4-15(2)14(18)16(3)10-12-9-13(19-11-12)7-5-6-8-17/h9,11,17H,4,6,8,10H2,1-3H3. The van der Waals surface area contributed by atoms with E-state index in [4.69, 9.17) is 5.11 Å². The van der Waals surface area contributed by atoms with Crippen molar-refractivity contribution in [3.05, 3.63) is 21.9 Å². The number of nitrogens with zero attached hydrogens (tertiary/aromatic N) is 2. The Morgan fingerprint density at radius 2 is 2.16 bits per heavy atom. The summed E-state index contributed by atoms with van der Waals surface area (Å²) < 4.78 is 0. The second kappa shape index (κ2) is 7.82. The van der Waals surface area contributed by atoms with Gasteiger partial charge in [0.15, 0.2) is 0 Å². The van der Waals surface area contributed by atoms with Crippen molar-refractivity contribution in [1.82, 2.24) is 9.80 Å². The van der Waals surface area contributed by atoms with Gasteiger partial charge in [-0.1, -0.05) is 11.8 Å². The summed E-state index contributed by atoms with van der Waals surface area (Å²) in [5.74, 6) is 5.89. The molecule has 19 heavy (non-hydrogen) atoms. The van der Waals surface area contributed by atoms with Crippen LogP contribution in [0.1, 0.15) is 23.8 Å². The van der Waals surface area contributed by atoms with Crippen LogP contribution in [0.15, 0.2) is 11.4 Å². The molecule has 1 heterocycles. The smallest absolute Gasteiger partial charge is 0.319 e. The van der Waals surface area contributed by atoms with Crippen LogP contribution in [-0.2, 0) is 6.54 Å². The van der Waals surface area contributed by atoms with Gasteiger partial charge in [-0.3, -0.25) is 0 Å². The molecule has 0 aromatic carbocycles. The van der Waals surface area contributed by atoms with Crippen molar-refractivity contribution in [2.75, 3.05) is 27.2 Å². The van der Waals surface area contributed by atoms with Crippen molar-refractivity contribution in [3.8, 4) is 11.8 Å². The molecule has 0 spiro atoms. The van der Waals surface area contributed by atoms with Crippen LogP contribution in [-0.4, -0.2) is 48.2 Å². The highest BCUT2D eigenvalue weighted by Crippen LogP contribution is 2.15. The summed E-state index contributed by atoms with van der Waals surface area (Å²) in [7, 11) is 3.58. The molecule has 2 amide bonds. The quantitative estimate of drug-likeness (QED) is 0.857. The molecule has 1 aromatic rings. The number of amides is 2. The summed E-state index contributed by atoms with van der Waals surface area (Å²) >= 11 is 1.56. The van der Waals surface area contributed by atoms with Crippen LogP contribution in [0.3, 0.4) is 0 Å². The van der Waals surface area contributed by atoms with Gasteiger partial charge in [0, 0.05) is 33.6 Å². The molecule has 0 bridgehead atoms. The number of aliphatic hydroxyl groups excluding tert-OH is 1. The Balaban J connectivity index is 2.59. The Hall–Kier alpha value is -1.51. The number of urea groups is 1. The van der Waals surface area contributed by atoms with Crippen molar-refractivity contribution in [2.24, 2.45) is 0 Å². The largest absolute Gasteiger partial charge is 0.395 e. The molecular formula is C14H20N2O2S. The minimum Gasteiger partial charge on any atom is -0.395 e. The van der Waals surface area contributed by atoms with E-state index in [1.807, 2.05) is 18.4 Å². The highest BCUT2D eigenvalue weighted by atomic mass is 32.1. The molecular weight excluding hydrogens is 260 g/mol. The summed E-state index contributed by atoms with van der Waals surface area (Å²) in [5, 5.41) is 10.7. The van der Waals surface area contributed by atoms with Crippen LogP contribution >= 0.6 is 11.3 Å². The third kappa shape index (κ3) is 4.93. The molecule has 1 rings (SSSR count). The molecule has 1 aromatic heterocycles. The van der Waals surface area contributed by atoms with E-state index < -0.39 is 0 Å². The van der Waals surface area contributed by atoms with E-state index in [0.717, 1.165) is 10.4 Å². The molecule has 104 valence electrons. The van der Waals surface area contributed by atoms with E-state index in [-0.39, 0.29) is 12.6 Å². The number of thiophene rings is 1. The Kier molecular flexibility index (Phi) is 6.40. The minimum absolute atomic E-state index is 0.0154. The molecule has 0 aliphatic rings. The first-order valence-electron chi connectivity index (χ1n) is 6.21. The number of carbonyl (C=O) groups excluding carboxylic acids is 1. The normalized spacial score (nSPS) is 9.68. The van der Waals surface area contributed by atoms with Gasteiger partial charge in [-0.2, -0.15) is 0 Å². The Morgan fingerprint density at radius 1 is 1.42 bits per heavy atom. The van der Waals surface area contributed by atoms with Crippen molar-refractivity contribution in [3.63, 3.8) is 0 Å². The maximum absolute atomic E-state index is 11.9. The van der Waals surface area contributed by atoms with Gasteiger partial charge in [-0.05, 0) is 23.9 Å². The van der Waals surface area contributed by atoms with E-state index in [1.165, 1.54) is 0 Å². The van der Waals surface area contributed by atoms with Crippen LogP contribution in [0, 0.1) is 11.8 Å².